The molecular weight excluding hydrogens is 300 g/mol. The van der Waals surface area contributed by atoms with Crippen LogP contribution in [0, 0.1) is 6.92 Å². The van der Waals surface area contributed by atoms with Crippen molar-refractivity contribution in [3.8, 4) is 0 Å². The first-order chi connectivity index (χ1) is 11.6. The molecule has 2 amide bonds. The minimum Gasteiger partial charge on any atom is -0.349 e. The fourth-order valence-electron chi connectivity index (χ4n) is 3.05. The molecule has 0 aromatic heterocycles. The normalized spacial score (nSPS) is 15.1. The van der Waals surface area contributed by atoms with E-state index in [1.54, 1.807) is 0 Å². The fourth-order valence-corrected chi connectivity index (χ4v) is 3.05. The summed E-state index contributed by atoms with van der Waals surface area (Å²) in [6.45, 7) is 3.32. The molecule has 4 nitrogen and oxygen atoms in total. The molecule has 1 fully saturated rings. The highest BCUT2D eigenvalue weighted by Gasteiger charge is 2.24. The molecule has 0 bridgehead atoms. The van der Waals surface area contributed by atoms with E-state index in [4.69, 9.17) is 0 Å². The van der Waals surface area contributed by atoms with Gasteiger partial charge in [0.15, 0.2) is 0 Å². The molecule has 1 heterocycles. The quantitative estimate of drug-likeness (QED) is 0.944. The molecule has 0 unspecified atom stereocenters. The van der Waals surface area contributed by atoms with Crippen LogP contribution in [0.1, 0.15) is 39.1 Å². The average Bonchev–Trinajstić information content (AvgIpc) is 2.62. The Hall–Kier alpha value is -2.62. The zero-order chi connectivity index (χ0) is 16.9. The van der Waals surface area contributed by atoms with Crippen molar-refractivity contribution in [3.05, 3.63) is 71.3 Å². The van der Waals surface area contributed by atoms with Gasteiger partial charge < -0.3 is 10.2 Å². The van der Waals surface area contributed by atoms with Gasteiger partial charge in [-0.2, -0.15) is 0 Å². The molecule has 4 heteroatoms. The maximum Gasteiger partial charge on any atom is 0.253 e. The van der Waals surface area contributed by atoms with Gasteiger partial charge in [-0.05, 0) is 44.0 Å². The molecule has 1 N–H and O–H groups in total. The number of benzene rings is 2. The summed E-state index contributed by atoms with van der Waals surface area (Å²) in [6.07, 6.45) is 1.58. The molecule has 2 aromatic rings. The molecule has 3 rings (SSSR count). The smallest absolute Gasteiger partial charge is 0.253 e. The number of hydrogen-bond donors (Lipinski definition) is 1. The fraction of sp³-hybridized carbons (Fsp3) is 0.300. The standard InChI is InChI=1S/C20H22N2O2/c1-15-6-5-9-17(14-15)19(23)21-18-10-12-22(13-11-18)20(24)16-7-3-2-4-8-16/h2-9,14,18H,10-13H2,1H3,(H,21,23). The van der Waals surface area contributed by atoms with Gasteiger partial charge in [0, 0.05) is 30.3 Å². The van der Waals surface area contributed by atoms with E-state index in [9.17, 15) is 9.59 Å². The van der Waals surface area contributed by atoms with E-state index >= 15 is 0 Å². The molecule has 1 aliphatic rings. The lowest BCUT2D eigenvalue weighted by molar-refractivity contribution is 0.0698. The highest BCUT2D eigenvalue weighted by molar-refractivity contribution is 5.95. The first kappa shape index (κ1) is 16.2. The van der Waals surface area contributed by atoms with E-state index in [2.05, 4.69) is 5.32 Å². The van der Waals surface area contributed by atoms with Gasteiger partial charge in [-0.3, -0.25) is 9.59 Å². The maximum absolute atomic E-state index is 12.4. The van der Waals surface area contributed by atoms with Crippen molar-refractivity contribution < 1.29 is 9.59 Å². The first-order valence-corrected chi connectivity index (χ1v) is 8.35. The SMILES string of the molecule is Cc1cccc(C(=O)NC2CCN(C(=O)c3ccccc3)CC2)c1. The molecule has 1 saturated heterocycles. The lowest BCUT2D eigenvalue weighted by Gasteiger charge is -2.32. The molecule has 24 heavy (non-hydrogen) atoms. The van der Waals surface area contributed by atoms with Crippen LogP contribution in [0.3, 0.4) is 0 Å². The molecule has 0 spiro atoms. The van der Waals surface area contributed by atoms with Gasteiger partial charge in [0.05, 0.1) is 0 Å². The molecule has 124 valence electrons. The summed E-state index contributed by atoms with van der Waals surface area (Å²) >= 11 is 0. The average molecular weight is 322 g/mol. The Morgan fingerprint density at radius 3 is 2.29 bits per heavy atom. The van der Waals surface area contributed by atoms with Crippen LogP contribution in [-0.4, -0.2) is 35.8 Å². The number of hydrogen-bond acceptors (Lipinski definition) is 2. The molecule has 1 aliphatic heterocycles. The van der Waals surface area contributed by atoms with Crippen LogP contribution < -0.4 is 5.32 Å². The number of amides is 2. The predicted molar refractivity (Wildman–Crippen MR) is 94.0 cm³/mol. The largest absolute Gasteiger partial charge is 0.349 e. The maximum atomic E-state index is 12.4. The van der Waals surface area contributed by atoms with E-state index in [-0.39, 0.29) is 17.9 Å². The highest BCUT2D eigenvalue weighted by Crippen LogP contribution is 2.15. The number of nitrogens with one attached hydrogen (secondary N) is 1. The number of rotatable bonds is 3. The summed E-state index contributed by atoms with van der Waals surface area (Å²) in [4.78, 5) is 26.6. The Kier molecular flexibility index (Phi) is 4.94. The summed E-state index contributed by atoms with van der Waals surface area (Å²) in [6, 6.07) is 17.1. The van der Waals surface area contributed by atoms with Gasteiger partial charge in [-0.15, -0.1) is 0 Å². The number of carbonyl (C=O) groups is 2. The van der Waals surface area contributed by atoms with Crippen molar-refractivity contribution in [1.29, 1.82) is 0 Å². The van der Waals surface area contributed by atoms with Crippen molar-refractivity contribution in [2.45, 2.75) is 25.8 Å². The van der Waals surface area contributed by atoms with Crippen molar-refractivity contribution in [2.24, 2.45) is 0 Å². The lowest BCUT2D eigenvalue weighted by Crippen LogP contribution is -2.46. The summed E-state index contributed by atoms with van der Waals surface area (Å²) in [5.74, 6) is 0.0330. The summed E-state index contributed by atoms with van der Waals surface area (Å²) in [5, 5.41) is 3.08. The second-order valence-corrected chi connectivity index (χ2v) is 6.28. The summed E-state index contributed by atoms with van der Waals surface area (Å²) in [5.41, 5.74) is 2.49. The minimum atomic E-state index is -0.0356. The number of piperidine rings is 1. The van der Waals surface area contributed by atoms with Gasteiger partial charge >= 0.3 is 0 Å². The zero-order valence-corrected chi connectivity index (χ0v) is 13.9. The van der Waals surface area contributed by atoms with Crippen LogP contribution >= 0.6 is 0 Å². The first-order valence-electron chi connectivity index (χ1n) is 8.35. The number of carbonyl (C=O) groups excluding carboxylic acids is 2. The third-order valence-electron chi connectivity index (χ3n) is 4.42. The van der Waals surface area contributed by atoms with E-state index < -0.39 is 0 Å². The number of aryl methyl sites for hydroxylation is 1. The Bertz CT molecular complexity index is 719. The second-order valence-electron chi connectivity index (χ2n) is 6.28. The van der Waals surface area contributed by atoms with Crippen LogP contribution in [0.5, 0.6) is 0 Å². The van der Waals surface area contributed by atoms with E-state index in [1.165, 1.54) is 0 Å². The van der Waals surface area contributed by atoms with Crippen molar-refractivity contribution >= 4 is 11.8 Å². The minimum absolute atomic E-state index is 0.0356. The highest BCUT2D eigenvalue weighted by atomic mass is 16.2. The van der Waals surface area contributed by atoms with Crippen molar-refractivity contribution in [3.63, 3.8) is 0 Å². The van der Waals surface area contributed by atoms with Crippen LogP contribution in [0.4, 0.5) is 0 Å². The molecule has 2 aromatic carbocycles. The number of nitrogens with zero attached hydrogens (tertiary/aromatic N) is 1. The Labute approximate surface area is 142 Å². The summed E-state index contributed by atoms with van der Waals surface area (Å²) in [7, 11) is 0. The Morgan fingerprint density at radius 2 is 1.62 bits per heavy atom. The lowest BCUT2D eigenvalue weighted by atomic mass is 10.0. The molecule has 0 saturated carbocycles. The van der Waals surface area contributed by atoms with Crippen molar-refractivity contribution in [2.75, 3.05) is 13.1 Å². The third-order valence-corrected chi connectivity index (χ3v) is 4.42. The van der Waals surface area contributed by atoms with Crippen LogP contribution in [0.2, 0.25) is 0 Å². The van der Waals surface area contributed by atoms with Crippen LogP contribution in [-0.2, 0) is 0 Å². The van der Waals surface area contributed by atoms with Gasteiger partial charge in [-0.1, -0.05) is 35.9 Å². The molecule has 0 aliphatic carbocycles. The van der Waals surface area contributed by atoms with Crippen LogP contribution in [0.15, 0.2) is 54.6 Å². The van der Waals surface area contributed by atoms with Crippen LogP contribution in [0.25, 0.3) is 0 Å². The summed E-state index contributed by atoms with van der Waals surface area (Å²) < 4.78 is 0. The Morgan fingerprint density at radius 1 is 0.958 bits per heavy atom. The topological polar surface area (TPSA) is 49.4 Å². The molecule has 0 radical (unpaired) electrons. The zero-order valence-electron chi connectivity index (χ0n) is 13.9. The number of likely N-dealkylation sites (tertiary alicyclic amines) is 1. The second kappa shape index (κ2) is 7.30. The molecular formula is C20H22N2O2. The Balaban J connectivity index is 1.54. The third kappa shape index (κ3) is 3.82. The van der Waals surface area contributed by atoms with Gasteiger partial charge in [0.2, 0.25) is 0 Å². The van der Waals surface area contributed by atoms with Crippen molar-refractivity contribution in [1.82, 2.24) is 10.2 Å². The van der Waals surface area contributed by atoms with E-state index in [1.807, 2.05) is 66.4 Å². The van der Waals surface area contributed by atoms with E-state index in [0.717, 1.165) is 24.0 Å². The van der Waals surface area contributed by atoms with E-state index in [0.29, 0.717) is 18.7 Å². The van der Waals surface area contributed by atoms with Gasteiger partial charge in [0.1, 0.15) is 0 Å². The predicted octanol–water partition coefficient (Wildman–Crippen LogP) is 3.03. The monoisotopic (exact) mass is 322 g/mol. The van der Waals surface area contributed by atoms with Gasteiger partial charge in [0.25, 0.3) is 11.8 Å². The molecule has 0 atom stereocenters. The van der Waals surface area contributed by atoms with Gasteiger partial charge in [-0.25, -0.2) is 0 Å².